The minimum atomic E-state index is -0.143. The Bertz CT molecular complexity index is 694. The average molecular weight is 347 g/mol. The van der Waals surface area contributed by atoms with Gasteiger partial charge in [-0.15, -0.1) is 11.8 Å². The fourth-order valence-corrected chi connectivity index (χ4v) is 3.08. The molecule has 0 unspecified atom stereocenters. The number of aryl methyl sites for hydroxylation is 2. The van der Waals surface area contributed by atoms with E-state index < -0.39 is 0 Å². The molecule has 1 heterocycles. The molecule has 130 valence electrons. The number of thioether (sulfide) groups is 1. The molecule has 0 aliphatic heterocycles. The lowest BCUT2D eigenvalue weighted by Gasteiger charge is -2.15. The molecule has 0 aliphatic rings. The molecule has 0 radical (unpaired) electrons. The van der Waals surface area contributed by atoms with Gasteiger partial charge in [0.2, 0.25) is 0 Å². The molecule has 1 aromatic heterocycles. The number of nitrogens with zero attached hydrogens (tertiary/aromatic N) is 2. The van der Waals surface area contributed by atoms with Crippen molar-refractivity contribution in [3.05, 3.63) is 46.8 Å². The van der Waals surface area contributed by atoms with Crippen LogP contribution in [0.5, 0.6) is 0 Å². The van der Waals surface area contributed by atoms with Crippen molar-refractivity contribution in [3.8, 4) is 0 Å². The second kappa shape index (κ2) is 8.24. The van der Waals surface area contributed by atoms with Gasteiger partial charge in [-0.05, 0) is 56.7 Å². The second-order valence-electron chi connectivity index (χ2n) is 6.05. The van der Waals surface area contributed by atoms with Crippen LogP contribution in [-0.4, -0.2) is 28.1 Å². The summed E-state index contributed by atoms with van der Waals surface area (Å²) < 4.78 is 1.88. The standard InChI is InChI=1S/C18H26N4OS/c1-12(10-17-13(2)21-22(4)14(17)3)20-18(23)19-11-15-6-8-16(24-5)9-7-15/h6-9,12H,10-11H2,1-5H3,(H2,19,20,23)/t12-/m0/s1. The third kappa shape index (κ3) is 4.77. The van der Waals surface area contributed by atoms with E-state index in [4.69, 9.17) is 0 Å². The molecular formula is C18H26N4OS. The topological polar surface area (TPSA) is 59.0 Å². The van der Waals surface area contributed by atoms with Gasteiger partial charge >= 0.3 is 6.03 Å². The monoisotopic (exact) mass is 346 g/mol. The van der Waals surface area contributed by atoms with Crippen LogP contribution in [0.3, 0.4) is 0 Å². The summed E-state index contributed by atoms with van der Waals surface area (Å²) in [4.78, 5) is 13.3. The molecule has 6 heteroatoms. The van der Waals surface area contributed by atoms with Crippen LogP contribution in [0.2, 0.25) is 0 Å². The largest absolute Gasteiger partial charge is 0.335 e. The van der Waals surface area contributed by atoms with E-state index in [0.717, 1.165) is 23.4 Å². The van der Waals surface area contributed by atoms with Gasteiger partial charge in [-0.1, -0.05) is 12.1 Å². The number of carbonyl (C=O) groups excluding carboxylic acids is 1. The summed E-state index contributed by atoms with van der Waals surface area (Å²) in [6.45, 7) is 6.60. The normalized spacial score (nSPS) is 12.0. The number of rotatable bonds is 6. The summed E-state index contributed by atoms with van der Waals surface area (Å²) >= 11 is 1.71. The molecule has 2 N–H and O–H groups in total. The van der Waals surface area contributed by atoms with Gasteiger partial charge in [0.1, 0.15) is 0 Å². The maximum atomic E-state index is 12.1. The molecule has 0 aliphatic carbocycles. The lowest BCUT2D eigenvalue weighted by Crippen LogP contribution is -2.41. The number of benzene rings is 1. The van der Waals surface area contributed by atoms with Crippen LogP contribution in [0, 0.1) is 13.8 Å². The molecule has 2 rings (SSSR count). The zero-order valence-electron chi connectivity index (χ0n) is 15.0. The molecule has 0 fully saturated rings. The van der Waals surface area contributed by atoms with E-state index in [0.29, 0.717) is 6.54 Å². The zero-order chi connectivity index (χ0) is 17.7. The van der Waals surface area contributed by atoms with E-state index in [2.05, 4.69) is 34.8 Å². The van der Waals surface area contributed by atoms with Crippen LogP contribution in [-0.2, 0) is 20.0 Å². The number of hydrogen-bond acceptors (Lipinski definition) is 3. The molecule has 5 nitrogen and oxygen atoms in total. The molecule has 2 amide bonds. The van der Waals surface area contributed by atoms with Crippen molar-refractivity contribution in [1.82, 2.24) is 20.4 Å². The minimum Gasteiger partial charge on any atom is -0.335 e. The first kappa shape index (κ1) is 18.4. The maximum Gasteiger partial charge on any atom is 0.315 e. The van der Waals surface area contributed by atoms with E-state index in [1.165, 1.54) is 10.5 Å². The van der Waals surface area contributed by atoms with E-state index in [1.807, 2.05) is 44.0 Å². The van der Waals surface area contributed by atoms with Crippen molar-refractivity contribution in [1.29, 1.82) is 0 Å². The van der Waals surface area contributed by atoms with E-state index >= 15 is 0 Å². The van der Waals surface area contributed by atoms with Gasteiger partial charge in [-0.25, -0.2) is 4.79 Å². The fourth-order valence-electron chi connectivity index (χ4n) is 2.67. The summed E-state index contributed by atoms with van der Waals surface area (Å²) in [5.74, 6) is 0. The number of urea groups is 1. The van der Waals surface area contributed by atoms with Gasteiger partial charge in [0.05, 0.1) is 5.69 Å². The van der Waals surface area contributed by atoms with Crippen molar-refractivity contribution in [2.24, 2.45) is 7.05 Å². The number of amides is 2. The quantitative estimate of drug-likeness (QED) is 0.790. The molecule has 1 atom stereocenters. The third-order valence-corrected chi connectivity index (χ3v) is 4.90. The molecule has 1 aromatic carbocycles. The van der Waals surface area contributed by atoms with E-state index in [9.17, 15) is 4.79 Å². The van der Waals surface area contributed by atoms with Crippen LogP contribution < -0.4 is 10.6 Å². The second-order valence-corrected chi connectivity index (χ2v) is 6.93. The predicted octanol–water partition coefficient (Wildman–Crippen LogP) is 3.19. The van der Waals surface area contributed by atoms with Crippen LogP contribution in [0.4, 0.5) is 4.79 Å². The van der Waals surface area contributed by atoms with Crippen LogP contribution in [0.15, 0.2) is 29.2 Å². The van der Waals surface area contributed by atoms with Crippen molar-refractivity contribution in [2.45, 2.75) is 44.7 Å². The Kier molecular flexibility index (Phi) is 6.31. The highest BCUT2D eigenvalue weighted by molar-refractivity contribution is 7.98. The minimum absolute atomic E-state index is 0.0467. The van der Waals surface area contributed by atoms with Crippen LogP contribution in [0.1, 0.15) is 29.4 Å². The van der Waals surface area contributed by atoms with Crippen molar-refractivity contribution in [3.63, 3.8) is 0 Å². The molecule has 0 spiro atoms. The Hall–Kier alpha value is -1.95. The number of hydrogen-bond donors (Lipinski definition) is 2. The maximum absolute atomic E-state index is 12.1. The predicted molar refractivity (Wildman–Crippen MR) is 99.4 cm³/mol. The van der Waals surface area contributed by atoms with Crippen molar-refractivity contribution < 1.29 is 4.79 Å². The molecule has 2 aromatic rings. The number of aromatic nitrogens is 2. The molecule has 0 saturated carbocycles. The lowest BCUT2D eigenvalue weighted by molar-refractivity contribution is 0.237. The van der Waals surface area contributed by atoms with Crippen LogP contribution >= 0.6 is 11.8 Å². The lowest BCUT2D eigenvalue weighted by atomic mass is 10.1. The Morgan fingerprint density at radius 2 is 1.96 bits per heavy atom. The summed E-state index contributed by atoms with van der Waals surface area (Å²) in [5, 5.41) is 10.3. The molecule has 24 heavy (non-hydrogen) atoms. The van der Waals surface area contributed by atoms with Gasteiger partial charge in [0.25, 0.3) is 0 Å². The first-order chi connectivity index (χ1) is 11.4. The smallest absolute Gasteiger partial charge is 0.315 e. The highest BCUT2D eigenvalue weighted by atomic mass is 32.2. The Morgan fingerprint density at radius 3 is 2.50 bits per heavy atom. The zero-order valence-corrected chi connectivity index (χ0v) is 15.8. The highest BCUT2D eigenvalue weighted by Gasteiger charge is 2.14. The Labute approximate surface area is 148 Å². The molecular weight excluding hydrogens is 320 g/mol. The average Bonchev–Trinajstić information content (AvgIpc) is 2.79. The highest BCUT2D eigenvalue weighted by Crippen LogP contribution is 2.15. The van der Waals surface area contributed by atoms with Gasteiger partial charge in [-0.3, -0.25) is 4.68 Å². The number of nitrogens with one attached hydrogen (secondary N) is 2. The van der Waals surface area contributed by atoms with Gasteiger partial charge < -0.3 is 10.6 Å². The molecule has 0 saturated heterocycles. The SMILES string of the molecule is CSc1ccc(CNC(=O)N[C@@H](C)Cc2c(C)nn(C)c2C)cc1. The molecule has 0 bridgehead atoms. The number of carbonyl (C=O) groups is 1. The van der Waals surface area contributed by atoms with E-state index in [1.54, 1.807) is 11.8 Å². The van der Waals surface area contributed by atoms with Crippen molar-refractivity contribution in [2.75, 3.05) is 6.26 Å². The van der Waals surface area contributed by atoms with Gasteiger partial charge in [-0.2, -0.15) is 5.10 Å². The summed E-state index contributed by atoms with van der Waals surface area (Å²) in [6.07, 6.45) is 2.83. The van der Waals surface area contributed by atoms with E-state index in [-0.39, 0.29) is 12.1 Å². The van der Waals surface area contributed by atoms with Crippen LogP contribution in [0.25, 0.3) is 0 Å². The summed E-state index contributed by atoms with van der Waals surface area (Å²) in [5.41, 5.74) is 4.47. The fraction of sp³-hybridized carbons (Fsp3) is 0.444. The first-order valence-electron chi connectivity index (χ1n) is 8.07. The summed E-state index contributed by atoms with van der Waals surface area (Å²) in [7, 11) is 1.94. The van der Waals surface area contributed by atoms with Gasteiger partial charge in [0, 0.05) is 30.2 Å². The first-order valence-corrected chi connectivity index (χ1v) is 9.29. The Balaban J connectivity index is 1.82. The van der Waals surface area contributed by atoms with Gasteiger partial charge in [0.15, 0.2) is 0 Å². The summed E-state index contributed by atoms with van der Waals surface area (Å²) in [6, 6.07) is 8.11. The van der Waals surface area contributed by atoms with Crippen molar-refractivity contribution >= 4 is 17.8 Å². The Morgan fingerprint density at radius 1 is 1.29 bits per heavy atom. The third-order valence-electron chi connectivity index (χ3n) is 4.16.